The molecule has 3 aromatic carbocycles. The van der Waals surface area contributed by atoms with Crippen LogP contribution in [0.5, 0.6) is 11.5 Å². The molecule has 1 aliphatic rings. The quantitative estimate of drug-likeness (QED) is 0.292. The standard InChI is InChI=1S/C25H19BrClNO4S/c26-19-14-18(10-11-21(19)32-16-17-6-2-1-3-7-17)15-23-24(29)28(25(30)33-23)12-13-31-22-9-5-4-8-20(22)27/h1-11,14-15H,12-13,16H2/b23-15-. The van der Waals surface area contributed by atoms with Gasteiger partial charge in [0.2, 0.25) is 0 Å². The van der Waals surface area contributed by atoms with Crippen molar-refractivity contribution < 1.29 is 19.1 Å². The zero-order valence-corrected chi connectivity index (χ0v) is 20.5. The molecule has 0 N–H and O–H groups in total. The van der Waals surface area contributed by atoms with Crippen LogP contribution in [0.15, 0.2) is 82.2 Å². The number of hydrogen-bond acceptors (Lipinski definition) is 5. The van der Waals surface area contributed by atoms with Crippen LogP contribution in [-0.4, -0.2) is 29.2 Å². The summed E-state index contributed by atoms with van der Waals surface area (Å²) in [5, 5.41) is 0.157. The van der Waals surface area contributed by atoms with Gasteiger partial charge in [0, 0.05) is 0 Å². The van der Waals surface area contributed by atoms with Gasteiger partial charge in [-0.15, -0.1) is 0 Å². The Morgan fingerprint density at radius 3 is 2.45 bits per heavy atom. The zero-order valence-electron chi connectivity index (χ0n) is 17.4. The van der Waals surface area contributed by atoms with Gasteiger partial charge in [-0.1, -0.05) is 60.1 Å². The predicted molar refractivity (Wildman–Crippen MR) is 135 cm³/mol. The number of ether oxygens (including phenoxy) is 2. The van der Waals surface area contributed by atoms with E-state index in [2.05, 4.69) is 15.9 Å². The van der Waals surface area contributed by atoms with Gasteiger partial charge in [0.1, 0.15) is 24.7 Å². The van der Waals surface area contributed by atoms with Gasteiger partial charge in [-0.3, -0.25) is 14.5 Å². The van der Waals surface area contributed by atoms with E-state index in [1.54, 1.807) is 30.3 Å². The van der Waals surface area contributed by atoms with Gasteiger partial charge in [0.15, 0.2) is 0 Å². The smallest absolute Gasteiger partial charge is 0.293 e. The molecule has 1 aliphatic heterocycles. The van der Waals surface area contributed by atoms with Crippen molar-refractivity contribution in [2.24, 2.45) is 0 Å². The van der Waals surface area contributed by atoms with Crippen molar-refractivity contribution in [2.75, 3.05) is 13.2 Å². The molecular weight excluding hydrogens is 526 g/mol. The van der Waals surface area contributed by atoms with Crippen LogP contribution in [-0.2, 0) is 11.4 Å². The fraction of sp³-hybridized carbons (Fsp3) is 0.120. The van der Waals surface area contributed by atoms with Crippen LogP contribution in [0.2, 0.25) is 5.02 Å². The van der Waals surface area contributed by atoms with Crippen LogP contribution in [0, 0.1) is 0 Å². The third kappa shape index (κ3) is 5.99. The summed E-state index contributed by atoms with van der Waals surface area (Å²) in [4.78, 5) is 26.6. The first-order valence-electron chi connectivity index (χ1n) is 10.1. The van der Waals surface area contributed by atoms with E-state index >= 15 is 0 Å². The van der Waals surface area contributed by atoms with E-state index in [-0.39, 0.29) is 24.3 Å². The summed E-state index contributed by atoms with van der Waals surface area (Å²) in [5.74, 6) is 0.871. The molecule has 2 amide bonds. The average Bonchev–Trinajstić information content (AvgIpc) is 3.08. The molecule has 8 heteroatoms. The summed E-state index contributed by atoms with van der Waals surface area (Å²) in [6.45, 7) is 0.755. The summed E-state index contributed by atoms with van der Waals surface area (Å²) in [6, 6.07) is 22.5. The van der Waals surface area contributed by atoms with Gasteiger partial charge in [-0.05, 0) is 69.2 Å². The van der Waals surface area contributed by atoms with Crippen molar-refractivity contribution in [3.05, 3.63) is 98.3 Å². The number of benzene rings is 3. The van der Waals surface area contributed by atoms with E-state index < -0.39 is 0 Å². The van der Waals surface area contributed by atoms with Crippen LogP contribution in [0.1, 0.15) is 11.1 Å². The van der Waals surface area contributed by atoms with Gasteiger partial charge in [0.05, 0.1) is 20.9 Å². The molecule has 0 bridgehead atoms. The lowest BCUT2D eigenvalue weighted by atomic mass is 10.2. The fourth-order valence-corrected chi connectivity index (χ4v) is 4.68. The van der Waals surface area contributed by atoms with Crippen molar-refractivity contribution in [3.8, 4) is 11.5 Å². The second-order valence-corrected chi connectivity index (χ2v) is 9.33. The molecule has 168 valence electrons. The van der Waals surface area contributed by atoms with Crippen molar-refractivity contribution in [3.63, 3.8) is 0 Å². The highest BCUT2D eigenvalue weighted by atomic mass is 79.9. The molecular formula is C25H19BrClNO4S. The van der Waals surface area contributed by atoms with E-state index in [1.165, 1.54) is 4.90 Å². The number of carbonyl (C=O) groups is 2. The van der Waals surface area contributed by atoms with E-state index in [9.17, 15) is 9.59 Å². The Morgan fingerprint density at radius 2 is 1.70 bits per heavy atom. The lowest BCUT2D eigenvalue weighted by molar-refractivity contribution is -0.123. The fourth-order valence-electron chi connectivity index (χ4n) is 3.11. The van der Waals surface area contributed by atoms with E-state index in [1.807, 2.05) is 48.5 Å². The lowest BCUT2D eigenvalue weighted by Crippen LogP contribution is -2.32. The molecule has 0 unspecified atom stereocenters. The topological polar surface area (TPSA) is 55.8 Å². The Hall–Kier alpha value is -2.74. The predicted octanol–water partition coefficient (Wildman–Crippen LogP) is 6.80. The van der Waals surface area contributed by atoms with E-state index in [0.717, 1.165) is 27.4 Å². The Kier molecular flexibility index (Phi) is 7.75. The number of thioether (sulfide) groups is 1. The largest absolute Gasteiger partial charge is 0.490 e. The molecule has 0 aromatic heterocycles. The Labute approximate surface area is 209 Å². The summed E-state index contributed by atoms with van der Waals surface area (Å²) >= 11 is 10.5. The van der Waals surface area contributed by atoms with Gasteiger partial charge in [-0.2, -0.15) is 0 Å². The highest BCUT2D eigenvalue weighted by molar-refractivity contribution is 9.10. The number of amides is 2. The van der Waals surface area contributed by atoms with Gasteiger partial charge >= 0.3 is 0 Å². The molecule has 0 aliphatic carbocycles. The first kappa shape index (κ1) is 23.4. The normalized spacial score (nSPS) is 14.7. The second kappa shape index (κ2) is 10.9. The molecule has 3 aromatic rings. The van der Waals surface area contributed by atoms with Crippen LogP contribution >= 0.6 is 39.3 Å². The number of hydrogen-bond donors (Lipinski definition) is 0. The monoisotopic (exact) mass is 543 g/mol. The van der Waals surface area contributed by atoms with Crippen molar-refractivity contribution in [1.29, 1.82) is 0 Å². The molecule has 4 rings (SSSR count). The average molecular weight is 545 g/mol. The molecule has 5 nitrogen and oxygen atoms in total. The maximum Gasteiger partial charge on any atom is 0.293 e. The number of nitrogens with zero attached hydrogens (tertiary/aromatic N) is 1. The molecule has 0 saturated carbocycles. The Balaban J connectivity index is 1.37. The van der Waals surface area contributed by atoms with Crippen molar-refractivity contribution in [2.45, 2.75) is 6.61 Å². The number of rotatable bonds is 8. The van der Waals surface area contributed by atoms with E-state index in [4.69, 9.17) is 21.1 Å². The first-order valence-corrected chi connectivity index (χ1v) is 12.1. The Bertz CT molecular complexity index is 1200. The third-order valence-corrected chi connectivity index (χ3v) is 6.61. The summed E-state index contributed by atoms with van der Waals surface area (Å²) in [5.41, 5.74) is 1.85. The molecule has 1 fully saturated rings. The lowest BCUT2D eigenvalue weighted by Gasteiger charge is -2.13. The molecule has 1 saturated heterocycles. The minimum absolute atomic E-state index is 0.142. The van der Waals surface area contributed by atoms with Gasteiger partial charge in [-0.25, -0.2) is 0 Å². The molecule has 0 spiro atoms. The van der Waals surface area contributed by atoms with E-state index in [0.29, 0.717) is 28.0 Å². The van der Waals surface area contributed by atoms with Crippen LogP contribution in [0.4, 0.5) is 4.79 Å². The number of carbonyl (C=O) groups excluding carboxylic acids is 2. The number of para-hydroxylation sites is 1. The summed E-state index contributed by atoms with van der Waals surface area (Å²) in [6.07, 6.45) is 1.70. The minimum Gasteiger partial charge on any atom is -0.490 e. The van der Waals surface area contributed by atoms with Crippen LogP contribution in [0.3, 0.4) is 0 Å². The van der Waals surface area contributed by atoms with Crippen LogP contribution < -0.4 is 9.47 Å². The summed E-state index contributed by atoms with van der Waals surface area (Å²) < 4.78 is 12.2. The highest BCUT2D eigenvalue weighted by Crippen LogP contribution is 2.34. The van der Waals surface area contributed by atoms with Crippen LogP contribution in [0.25, 0.3) is 6.08 Å². The first-order chi connectivity index (χ1) is 16.0. The summed E-state index contributed by atoms with van der Waals surface area (Å²) in [7, 11) is 0. The SMILES string of the molecule is O=C1S/C(=C\c2ccc(OCc3ccccc3)c(Br)c2)C(=O)N1CCOc1ccccc1Cl. The van der Waals surface area contributed by atoms with Crippen molar-refractivity contribution in [1.82, 2.24) is 4.90 Å². The van der Waals surface area contributed by atoms with Gasteiger partial charge in [0.25, 0.3) is 11.1 Å². The molecule has 0 radical (unpaired) electrons. The van der Waals surface area contributed by atoms with Crippen molar-refractivity contribution >= 4 is 56.5 Å². The maximum absolute atomic E-state index is 12.7. The third-order valence-electron chi connectivity index (χ3n) is 4.77. The zero-order chi connectivity index (χ0) is 23.2. The van der Waals surface area contributed by atoms with Gasteiger partial charge < -0.3 is 9.47 Å². The second-order valence-electron chi connectivity index (χ2n) is 7.08. The highest BCUT2D eigenvalue weighted by Gasteiger charge is 2.34. The molecule has 0 atom stereocenters. The maximum atomic E-state index is 12.7. The molecule has 1 heterocycles. The number of imide groups is 1. The minimum atomic E-state index is -0.340. The number of halogens is 2. The molecule has 33 heavy (non-hydrogen) atoms. The Morgan fingerprint density at radius 1 is 0.939 bits per heavy atom.